The van der Waals surface area contributed by atoms with Crippen LogP contribution in [0.15, 0.2) is 0 Å². The van der Waals surface area contributed by atoms with Gasteiger partial charge in [0, 0.05) is 28.7 Å². The van der Waals surface area contributed by atoms with Crippen molar-refractivity contribution in [3.8, 4) is 0 Å². The van der Waals surface area contributed by atoms with Gasteiger partial charge in [0.1, 0.15) is 0 Å². The van der Waals surface area contributed by atoms with Crippen LogP contribution in [-0.2, 0) is 15.5 Å². The van der Waals surface area contributed by atoms with Crippen molar-refractivity contribution in [2.75, 3.05) is 19.8 Å². The Morgan fingerprint density at radius 2 is 2.29 bits per heavy atom. The van der Waals surface area contributed by atoms with Crippen LogP contribution >= 0.6 is 0 Å². The fourth-order valence-corrected chi connectivity index (χ4v) is 3.27. The van der Waals surface area contributed by atoms with E-state index in [1.165, 1.54) is 0 Å². The van der Waals surface area contributed by atoms with Crippen LogP contribution in [-0.4, -0.2) is 40.5 Å². The molecule has 1 N–H and O–H groups in total. The highest BCUT2D eigenvalue weighted by molar-refractivity contribution is 7.86. The Labute approximate surface area is 89.1 Å². The minimum absolute atomic E-state index is 0.170. The molecule has 14 heavy (non-hydrogen) atoms. The summed E-state index contributed by atoms with van der Waals surface area (Å²) >= 11 is 0. The maximum Gasteiger partial charge on any atom is 0.0738 e. The molecule has 4 heteroatoms. The zero-order valence-corrected chi connectivity index (χ0v) is 10.1. The van der Waals surface area contributed by atoms with Gasteiger partial charge in [0.2, 0.25) is 0 Å². The van der Waals surface area contributed by atoms with Gasteiger partial charge in [-0.1, -0.05) is 20.8 Å². The first-order valence-electron chi connectivity index (χ1n) is 5.37. The van der Waals surface area contributed by atoms with Crippen molar-refractivity contribution >= 4 is 10.8 Å². The lowest BCUT2D eigenvalue weighted by molar-refractivity contribution is 0.0823. The van der Waals surface area contributed by atoms with Crippen molar-refractivity contribution in [1.82, 2.24) is 5.32 Å². The Hall–Kier alpha value is 0.0700. The highest BCUT2D eigenvalue weighted by atomic mass is 32.2. The molecule has 0 saturated carbocycles. The van der Waals surface area contributed by atoms with Gasteiger partial charge in [0.25, 0.3) is 0 Å². The Morgan fingerprint density at radius 3 is 2.86 bits per heavy atom. The largest absolute Gasteiger partial charge is 0.380 e. The van der Waals surface area contributed by atoms with Crippen molar-refractivity contribution < 1.29 is 8.95 Å². The first-order chi connectivity index (χ1) is 6.66. The van der Waals surface area contributed by atoms with E-state index in [4.69, 9.17) is 4.74 Å². The molecule has 84 valence electrons. The average Bonchev–Trinajstić information content (AvgIpc) is 2.18. The molecule has 0 aliphatic carbocycles. The molecule has 3 atom stereocenters. The lowest BCUT2D eigenvalue weighted by Crippen LogP contribution is -2.49. The third-order valence-corrected chi connectivity index (χ3v) is 4.52. The molecular weight excluding hydrogens is 198 g/mol. The summed E-state index contributed by atoms with van der Waals surface area (Å²) < 4.78 is 17.4. The van der Waals surface area contributed by atoms with E-state index in [1.807, 2.05) is 13.8 Å². The molecule has 0 bridgehead atoms. The normalized spacial score (nSPS) is 30.6. The van der Waals surface area contributed by atoms with Crippen LogP contribution in [0, 0.1) is 0 Å². The van der Waals surface area contributed by atoms with Crippen LogP contribution in [0.1, 0.15) is 27.2 Å². The maximum absolute atomic E-state index is 12.0. The minimum atomic E-state index is -0.777. The van der Waals surface area contributed by atoms with Crippen LogP contribution < -0.4 is 5.32 Å². The Balaban J connectivity index is 2.57. The fourth-order valence-electron chi connectivity index (χ4n) is 1.79. The quantitative estimate of drug-likeness (QED) is 0.764. The van der Waals surface area contributed by atoms with Crippen LogP contribution in [0.5, 0.6) is 0 Å². The number of hydrogen-bond acceptors (Lipinski definition) is 3. The Bertz CT molecular complexity index is 195. The van der Waals surface area contributed by atoms with Crippen molar-refractivity contribution in [1.29, 1.82) is 0 Å². The van der Waals surface area contributed by atoms with Gasteiger partial charge in [0.05, 0.1) is 11.9 Å². The molecule has 1 heterocycles. The third kappa shape index (κ3) is 3.04. The van der Waals surface area contributed by atoms with Crippen molar-refractivity contribution in [3.63, 3.8) is 0 Å². The summed E-state index contributed by atoms with van der Waals surface area (Å²) in [5.74, 6) is 0. The highest BCUT2D eigenvalue weighted by Gasteiger charge is 2.31. The van der Waals surface area contributed by atoms with E-state index in [1.54, 1.807) is 0 Å². The molecule has 1 rings (SSSR count). The lowest BCUT2D eigenvalue weighted by Gasteiger charge is -2.32. The second kappa shape index (κ2) is 5.83. The summed E-state index contributed by atoms with van der Waals surface area (Å²) in [7, 11) is -0.777. The average molecular weight is 219 g/mol. The predicted molar refractivity (Wildman–Crippen MR) is 60.0 cm³/mol. The summed E-state index contributed by atoms with van der Waals surface area (Å²) in [6.07, 6.45) is 0.983. The van der Waals surface area contributed by atoms with Gasteiger partial charge in [-0.25, -0.2) is 0 Å². The molecule has 1 aliphatic rings. The van der Waals surface area contributed by atoms with E-state index >= 15 is 0 Å². The van der Waals surface area contributed by atoms with Gasteiger partial charge in [0.15, 0.2) is 0 Å². The van der Waals surface area contributed by atoms with E-state index in [-0.39, 0.29) is 10.5 Å². The number of rotatable bonds is 4. The topological polar surface area (TPSA) is 38.3 Å². The molecule has 0 aromatic carbocycles. The van der Waals surface area contributed by atoms with E-state index in [9.17, 15) is 4.21 Å². The number of nitrogens with one attached hydrogen (secondary N) is 1. The van der Waals surface area contributed by atoms with Gasteiger partial charge in [-0.2, -0.15) is 0 Å². The van der Waals surface area contributed by atoms with E-state index < -0.39 is 10.8 Å². The van der Waals surface area contributed by atoms with E-state index in [0.29, 0.717) is 12.6 Å². The predicted octanol–water partition coefficient (Wildman–Crippen LogP) is 0.910. The zero-order valence-electron chi connectivity index (χ0n) is 9.29. The Kier molecular flexibility index (Phi) is 5.06. The molecule has 0 aromatic heterocycles. The summed E-state index contributed by atoms with van der Waals surface area (Å²) in [5.41, 5.74) is 0. The molecule has 3 unspecified atom stereocenters. The Morgan fingerprint density at radius 1 is 1.57 bits per heavy atom. The van der Waals surface area contributed by atoms with Crippen molar-refractivity contribution in [2.45, 2.75) is 43.7 Å². The molecule has 0 radical (unpaired) electrons. The smallest absolute Gasteiger partial charge is 0.0738 e. The van der Waals surface area contributed by atoms with Crippen molar-refractivity contribution in [3.05, 3.63) is 0 Å². The molecular formula is C10H21NO2S. The van der Waals surface area contributed by atoms with Crippen LogP contribution in [0.2, 0.25) is 0 Å². The highest BCUT2D eigenvalue weighted by Crippen LogP contribution is 2.16. The fraction of sp³-hybridized carbons (Fsp3) is 1.00. The minimum Gasteiger partial charge on any atom is -0.380 e. The monoisotopic (exact) mass is 219 g/mol. The van der Waals surface area contributed by atoms with Gasteiger partial charge in [-0.3, -0.25) is 4.21 Å². The van der Waals surface area contributed by atoms with Gasteiger partial charge >= 0.3 is 0 Å². The standard InChI is InChI=1S/C10H21NO2S/c1-4-11-9-5-6-13-7-10(9)14(12)8(2)3/h8-11H,4-7H2,1-3H3. The number of ether oxygens (including phenoxy) is 1. The van der Waals surface area contributed by atoms with Gasteiger partial charge in [-0.05, 0) is 13.0 Å². The summed E-state index contributed by atoms with van der Waals surface area (Å²) in [4.78, 5) is 0. The molecule has 0 spiro atoms. The molecule has 1 aliphatic heterocycles. The summed E-state index contributed by atoms with van der Waals surface area (Å²) in [6.45, 7) is 8.48. The lowest BCUT2D eigenvalue weighted by atomic mass is 10.1. The van der Waals surface area contributed by atoms with Crippen molar-refractivity contribution in [2.24, 2.45) is 0 Å². The zero-order chi connectivity index (χ0) is 10.6. The molecule has 1 fully saturated rings. The van der Waals surface area contributed by atoms with E-state index in [0.717, 1.165) is 19.6 Å². The molecule has 0 amide bonds. The first kappa shape index (κ1) is 12.1. The first-order valence-corrected chi connectivity index (χ1v) is 6.65. The third-order valence-electron chi connectivity index (χ3n) is 2.53. The SMILES string of the molecule is CCNC1CCOCC1S(=O)C(C)C. The molecule has 0 aromatic rings. The van der Waals surface area contributed by atoms with Crippen LogP contribution in [0.4, 0.5) is 0 Å². The number of hydrogen-bond donors (Lipinski definition) is 1. The molecule has 1 saturated heterocycles. The van der Waals surface area contributed by atoms with Gasteiger partial charge in [-0.15, -0.1) is 0 Å². The second-order valence-electron chi connectivity index (χ2n) is 3.94. The molecule has 3 nitrogen and oxygen atoms in total. The van der Waals surface area contributed by atoms with Crippen LogP contribution in [0.25, 0.3) is 0 Å². The van der Waals surface area contributed by atoms with E-state index in [2.05, 4.69) is 12.2 Å². The van der Waals surface area contributed by atoms with Gasteiger partial charge < -0.3 is 10.1 Å². The maximum atomic E-state index is 12.0. The summed E-state index contributed by atoms with van der Waals surface area (Å²) in [6, 6.07) is 0.372. The summed E-state index contributed by atoms with van der Waals surface area (Å²) in [5, 5.41) is 3.79. The second-order valence-corrected chi connectivity index (χ2v) is 6.15. The van der Waals surface area contributed by atoms with Crippen LogP contribution in [0.3, 0.4) is 0 Å².